The van der Waals surface area contributed by atoms with Gasteiger partial charge in [0.15, 0.2) is 11.6 Å². The van der Waals surface area contributed by atoms with Crippen LogP contribution in [0, 0.1) is 12.7 Å². The summed E-state index contributed by atoms with van der Waals surface area (Å²) in [7, 11) is 0. The van der Waals surface area contributed by atoms with Crippen molar-refractivity contribution in [1.29, 1.82) is 0 Å². The van der Waals surface area contributed by atoms with Crippen LogP contribution in [0.2, 0.25) is 0 Å². The molecule has 1 aliphatic rings. The summed E-state index contributed by atoms with van der Waals surface area (Å²) in [4.78, 5) is 0. The van der Waals surface area contributed by atoms with Crippen molar-refractivity contribution in [3.8, 4) is 5.75 Å². The van der Waals surface area contributed by atoms with E-state index in [4.69, 9.17) is 0 Å². The van der Waals surface area contributed by atoms with Gasteiger partial charge < -0.3 is 5.11 Å². The molecule has 1 aliphatic carbocycles. The Morgan fingerprint density at radius 3 is 2.38 bits per heavy atom. The molecule has 0 unspecified atom stereocenters. The highest BCUT2D eigenvalue weighted by Gasteiger charge is 2.41. The minimum atomic E-state index is -0.436. The summed E-state index contributed by atoms with van der Waals surface area (Å²) in [5, 5.41) is 9.78. The molecular formula is C14H19FO. The second-order valence-corrected chi connectivity index (χ2v) is 5.52. The zero-order chi connectivity index (χ0) is 12.1. The van der Waals surface area contributed by atoms with Crippen LogP contribution < -0.4 is 0 Å². The van der Waals surface area contributed by atoms with Gasteiger partial charge in [-0.25, -0.2) is 4.39 Å². The Morgan fingerprint density at radius 1 is 1.38 bits per heavy atom. The molecule has 1 aromatic rings. The maximum absolute atomic E-state index is 13.9. The molecule has 2 heteroatoms. The number of aromatic hydroxyl groups is 1. The first-order valence-electron chi connectivity index (χ1n) is 5.89. The third-order valence-electron chi connectivity index (χ3n) is 3.79. The van der Waals surface area contributed by atoms with Crippen molar-refractivity contribution in [1.82, 2.24) is 0 Å². The Balaban J connectivity index is 2.62. The molecule has 2 rings (SSSR count). The highest BCUT2D eigenvalue weighted by atomic mass is 19.1. The van der Waals surface area contributed by atoms with Crippen LogP contribution in [-0.4, -0.2) is 5.11 Å². The first-order chi connectivity index (χ1) is 7.37. The van der Waals surface area contributed by atoms with Crippen molar-refractivity contribution < 1.29 is 9.50 Å². The van der Waals surface area contributed by atoms with Crippen LogP contribution in [0.1, 0.15) is 56.2 Å². The van der Waals surface area contributed by atoms with Crippen LogP contribution in [0.15, 0.2) is 6.07 Å². The van der Waals surface area contributed by atoms with E-state index in [9.17, 15) is 9.50 Å². The van der Waals surface area contributed by atoms with E-state index >= 15 is 0 Å². The third kappa shape index (κ3) is 1.60. The Hall–Kier alpha value is -1.05. The monoisotopic (exact) mass is 222 g/mol. The van der Waals surface area contributed by atoms with E-state index in [0.717, 1.165) is 24.0 Å². The molecule has 1 aromatic carbocycles. The SMILES string of the molecule is Cc1c(C2(C)CC2)cc(C(C)C)c(O)c1F. The lowest BCUT2D eigenvalue weighted by Gasteiger charge is -2.18. The van der Waals surface area contributed by atoms with Crippen molar-refractivity contribution >= 4 is 0 Å². The smallest absolute Gasteiger partial charge is 0.168 e. The second-order valence-electron chi connectivity index (χ2n) is 5.52. The minimum absolute atomic E-state index is 0.141. The summed E-state index contributed by atoms with van der Waals surface area (Å²) in [6.45, 7) is 7.87. The maximum atomic E-state index is 13.9. The van der Waals surface area contributed by atoms with Gasteiger partial charge in [-0.2, -0.15) is 0 Å². The third-order valence-corrected chi connectivity index (χ3v) is 3.79. The number of hydrogen-bond donors (Lipinski definition) is 1. The molecule has 0 spiro atoms. The number of phenols is 1. The van der Waals surface area contributed by atoms with Crippen LogP contribution >= 0.6 is 0 Å². The topological polar surface area (TPSA) is 20.2 Å². The van der Waals surface area contributed by atoms with Gasteiger partial charge in [0.2, 0.25) is 0 Å². The Kier molecular flexibility index (Phi) is 2.48. The Morgan fingerprint density at radius 2 is 1.94 bits per heavy atom. The number of hydrogen-bond acceptors (Lipinski definition) is 1. The predicted octanol–water partition coefficient (Wildman–Crippen LogP) is 4.01. The molecule has 0 radical (unpaired) electrons. The zero-order valence-corrected chi connectivity index (χ0v) is 10.4. The fraction of sp³-hybridized carbons (Fsp3) is 0.571. The van der Waals surface area contributed by atoms with Crippen molar-refractivity contribution in [2.24, 2.45) is 0 Å². The molecule has 1 N–H and O–H groups in total. The van der Waals surface area contributed by atoms with Gasteiger partial charge >= 0.3 is 0 Å². The summed E-state index contributed by atoms with van der Waals surface area (Å²) in [5.74, 6) is -0.453. The lowest BCUT2D eigenvalue weighted by molar-refractivity contribution is 0.419. The Labute approximate surface area is 96.3 Å². The maximum Gasteiger partial charge on any atom is 0.168 e. The largest absolute Gasteiger partial charge is 0.505 e. The van der Waals surface area contributed by atoms with Gasteiger partial charge in [-0.05, 0) is 47.8 Å². The van der Waals surface area contributed by atoms with E-state index in [1.165, 1.54) is 0 Å². The lowest BCUT2D eigenvalue weighted by Crippen LogP contribution is -2.07. The van der Waals surface area contributed by atoms with E-state index in [1.807, 2.05) is 19.9 Å². The van der Waals surface area contributed by atoms with Crippen LogP contribution in [0.25, 0.3) is 0 Å². The fourth-order valence-electron chi connectivity index (χ4n) is 2.28. The molecule has 16 heavy (non-hydrogen) atoms. The van der Waals surface area contributed by atoms with Crippen LogP contribution in [0.3, 0.4) is 0 Å². The molecule has 0 saturated heterocycles. The first kappa shape index (κ1) is 11.4. The summed E-state index contributed by atoms with van der Waals surface area (Å²) in [5.41, 5.74) is 2.56. The molecule has 0 aromatic heterocycles. The standard InChI is InChI=1S/C14H19FO/c1-8(2)10-7-11(14(4)5-6-14)9(3)12(15)13(10)16/h7-8,16H,5-6H2,1-4H3. The van der Waals surface area contributed by atoms with Gasteiger partial charge in [0.25, 0.3) is 0 Å². The molecule has 0 aliphatic heterocycles. The number of phenolic OH excluding ortho intramolecular Hbond substituents is 1. The summed E-state index contributed by atoms with van der Waals surface area (Å²) in [6.07, 6.45) is 2.24. The molecule has 0 amide bonds. The van der Waals surface area contributed by atoms with Gasteiger partial charge in [0, 0.05) is 0 Å². The molecule has 0 atom stereocenters. The lowest BCUT2D eigenvalue weighted by atomic mass is 9.88. The average molecular weight is 222 g/mol. The van der Waals surface area contributed by atoms with Crippen LogP contribution in [-0.2, 0) is 5.41 Å². The van der Waals surface area contributed by atoms with E-state index in [1.54, 1.807) is 6.92 Å². The predicted molar refractivity (Wildman–Crippen MR) is 63.5 cm³/mol. The quantitative estimate of drug-likeness (QED) is 0.801. The summed E-state index contributed by atoms with van der Waals surface area (Å²) >= 11 is 0. The van der Waals surface area contributed by atoms with Gasteiger partial charge in [0.1, 0.15) is 0 Å². The molecule has 88 valence electrons. The second kappa shape index (κ2) is 3.47. The fourth-order valence-corrected chi connectivity index (χ4v) is 2.28. The van der Waals surface area contributed by atoms with E-state index < -0.39 is 5.82 Å². The van der Waals surface area contributed by atoms with Gasteiger partial charge in [-0.1, -0.05) is 26.8 Å². The van der Waals surface area contributed by atoms with Crippen molar-refractivity contribution in [2.45, 2.75) is 51.9 Å². The van der Waals surface area contributed by atoms with Crippen molar-refractivity contribution in [3.63, 3.8) is 0 Å². The average Bonchev–Trinajstić information content (AvgIpc) is 2.93. The molecule has 0 bridgehead atoms. The van der Waals surface area contributed by atoms with E-state index in [2.05, 4.69) is 6.92 Å². The molecular weight excluding hydrogens is 203 g/mol. The molecule has 0 heterocycles. The van der Waals surface area contributed by atoms with Crippen molar-refractivity contribution in [2.75, 3.05) is 0 Å². The van der Waals surface area contributed by atoms with Crippen LogP contribution in [0.5, 0.6) is 5.75 Å². The minimum Gasteiger partial charge on any atom is -0.505 e. The molecule has 1 fully saturated rings. The van der Waals surface area contributed by atoms with Gasteiger partial charge in [0.05, 0.1) is 0 Å². The normalized spacial score (nSPS) is 17.9. The van der Waals surface area contributed by atoms with Gasteiger partial charge in [-0.15, -0.1) is 0 Å². The van der Waals surface area contributed by atoms with Gasteiger partial charge in [-0.3, -0.25) is 0 Å². The van der Waals surface area contributed by atoms with E-state index in [0.29, 0.717) is 5.56 Å². The summed E-state index contributed by atoms with van der Waals surface area (Å²) < 4.78 is 13.9. The highest BCUT2D eigenvalue weighted by molar-refractivity contribution is 5.48. The zero-order valence-electron chi connectivity index (χ0n) is 10.4. The van der Waals surface area contributed by atoms with Crippen molar-refractivity contribution in [3.05, 3.63) is 28.6 Å². The molecule has 1 nitrogen and oxygen atoms in total. The van der Waals surface area contributed by atoms with E-state index in [-0.39, 0.29) is 17.1 Å². The molecule has 1 saturated carbocycles. The first-order valence-corrected chi connectivity index (χ1v) is 5.89. The Bertz CT molecular complexity index is 431. The number of rotatable bonds is 2. The summed E-state index contributed by atoms with van der Waals surface area (Å²) in [6, 6.07) is 1.99. The highest BCUT2D eigenvalue weighted by Crippen LogP contribution is 2.50. The number of halogens is 1. The number of benzene rings is 1. The van der Waals surface area contributed by atoms with Crippen LogP contribution in [0.4, 0.5) is 4.39 Å².